The predicted octanol–water partition coefficient (Wildman–Crippen LogP) is -0.907. The van der Waals surface area contributed by atoms with Crippen LogP contribution in [0.25, 0.3) is 0 Å². The van der Waals surface area contributed by atoms with Crippen molar-refractivity contribution < 1.29 is 4.79 Å². The molecule has 0 aromatic carbocycles. The maximum absolute atomic E-state index is 11.1. The molecule has 5 nitrogen and oxygen atoms in total. The summed E-state index contributed by atoms with van der Waals surface area (Å²) in [5, 5.41) is 2.56. The first-order valence-electron chi connectivity index (χ1n) is 3.52. The topological polar surface area (TPSA) is 63.1 Å². The summed E-state index contributed by atoms with van der Waals surface area (Å²) in [5.41, 5.74) is 3.04. The van der Waals surface area contributed by atoms with E-state index in [1.54, 1.807) is 0 Å². The van der Waals surface area contributed by atoms with E-state index in [4.69, 9.17) is 0 Å². The molecular formula is C7H7N3O2. The monoisotopic (exact) mass is 165 g/mol. The maximum Gasteiger partial charge on any atom is 0.271 e. The van der Waals surface area contributed by atoms with Crippen molar-refractivity contribution in [3.05, 3.63) is 34.2 Å². The van der Waals surface area contributed by atoms with Crippen molar-refractivity contribution >= 4 is 5.91 Å². The Morgan fingerprint density at radius 2 is 2.25 bits per heavy atom. The van der Waals surface area contributed by atoms with Gasteiger partial charge in [-0.05, 0) is 0 Å². The summed E-state index contributed by atoms with van der Waals surface area (Å²) < 4.78 is 1.53. The van der Waals surface area contributed by atoms with Gasteiger partial charge in [-0.2, -0.15) is 0 Å². The van der Waals surface area contributed by atoms with E-state index >= 15 is 0 Å². The van der Waals surface area contributed by atoms with Crippen molar-refractivity contribution in [3.8, 4) is 0 Å². The third kappa shape index (κ3) is 0.952. The summed E-state index contributed by atoms with van der Waals surface area (Å²) in [7, 11) is 0. The maximum atomic E-state index is 11.1. The molecule has 5 heteroatoms. The van der Waals surface area contributed by atoms with Crippen LogP contribution in [0.4, 0.5) is 0 Å². The number of carbonyl (C=O) groups excluding carboxylic acids is 1. The van der Waals surface area contributed by atoms with Gasteiger partial charge in [-0.25, -0.2) is 0 Å². The normalized spacial score (nSPS) is 14.5. The van der Waals surface area contributed by atoms with Gasteiger partial charge >= 0.3 is 0 Å². The van der Waals surface area contributed by atoms with E-state index in [1.807, 2.05) is 0 Å². The predicted molar refractivity (Wildman–Crippen MR) is 42.4 cm³/mol. The van der Waals surface area contributed by atoms with Crippen LogP contribution in [0.5, 0.6) is 0 Å². The van der Waals surface area contributed by atoms with Crippen LogP contribution < -0.4 is 16.2 Å². The number of nitrogens with zero attached hydrogens (tertiary/aromatic N) is 1. The minimum Gasteiger partial charge on any atom is -0.332 e. The zero-order valence-corrected chi connectivity index (χ0v) is 6.20. The molecule has 0 radical (unpaired) electrons. The number of rotatable bonds is 0. The number of fused-ring (bicyclic) bond motifs is 1. The van der Waals surface area contributed by atoms with Crippen LogP contribution in [0.3, 0.4) is 0 Å². The van der Waals surface area contributed by atoms with Gasteiger partial charge < -0.3 is 10.7 Å². The third-order valence-corrected chi connectivity index (χ3v) is 1.66. The number of pyridine rings is 1. The third-order valence-electron chi connectivity index (χ3n) is 1.66. The molecule has 2 N–H and O–H groups in total. The highest BCUT2D eigenvalue weighted by Crippen LogP contribution is 1.96. The molecule has 0 fully saturated rings. The average molecular weight is 165 g/mol. The largest absolute Gasteiger partial charge is 0.332 e. The lowest BCUT2D eigenvalue weighted by Crippen LogP contribution is -2.42. The van der Waals surface area contributed by atoms with Crippen LogP contribution in [-0.2, 0) is 0 Å². The second-order valence-electron chi connectivity index (χ2n) is 2.46. The second-order valence-corrected chi connectivity index (χ2v) is 2.46. The first-order valence-corrected chi connectivity index (χ1v) is 3.52. The molecule has 2 rings (SSSR count). The van der Waals surface area contributed by atoms with E-state index < -0.39 is 0 Å². The summed E-state index contributed by atoms with van der Waals surface area (Å²) in [5.74, 6) is -0.230. The molecule has 1 aromatic rings. The van der Waals surface area contributed by atoms with Gasteiger partial charge in [0.15, 0.2) is 5.43 Å². The Bertz CT molecular complexity index is 382. The molecule has 2 heterocycles. The van der Waals surface area contributed by atoms with E-state index in [1.165, 1.54) is 23.0 Å². The zero-order chi connectivity index (χ0) is 8.55. The van der Waals surface area contributed by atoms with Gasteiger partial charge in [0.1, 0.15) is 12.4 Å². The quantitative estimate of drug-likeness (QED) is 0.523. The zero-order valence-electron chi connectivity index (χ0n) is 6.20. The smallest absolute Gasteiger partial charge is 0.271 e. The van der Waals surface area contributed by atoms with Gasteiger partial charge in [-0.3, -0.25) is 14.3 Å². The van der Waals surface area contributed by atoms with Crippen molar-refractivity contribution in [2.45, 2.75) is 0 Å². The highest BCUT2D eigenvalue weighted by molar-refractivity contribution is 5.93. The SMILES string of the molecule is O=C1NCNn2ccc(=O)cc21. The van der Waals surface area contributed by atoms with Crippen LogP contribution in [0, 0.1) is 0 Å². The fourth-order valence-corrected chi connectivity index (χ4v) is 1.09. The molecule has 0 saturated carbocycles. The first kappa shape index (κ1) is 6.90. The Morgan fingerprint density at radius 3 is 3.08 bits per heavy atom. The van der Waals surface area contributed by atoms with Crippen LogP contribution in [0.1, 0.15) is 10.5 Å². The lowest BCUT2D eigenvalue weighted by molar-refractivity contribution is 0.0935. The molecule has 0 saturated heterocycles. The molecule has 0 bridgehead atoms. The number of amides is 1. The molecule has 62 valence electrons. The van der Waals surface area contributed by atoms with Gasteiger partial charge in [0.25, 0.3) is 5.91 Å². The van der Waals surface area contributed by atoms with Crippen molar-refractivity contribution in [1.82, 2.24) is 9.99 Å². The molecule has 1 aliphatic heterocycles. The van der Waals surface area contributed by atoms with E-state index in [2.05, 4.69) is 10.7 Å². The number of carbonyl (C=O) groups is 1. The Kier molecular flexibility index (Phi) is 1.36. The fraction of sp³-hybridized carbons (Fsp3) is 0.143. The van der Waals surface area contributed by atoms with E-state index in [0.29, 0.717) is 12.4 Å². The molecule has 12 heavy (non-hydrogen) atoms. The van der Waals surface area contributed by atoms with Gasteiger partial charge in [0.05, 0.1) is 0 Å². The summed E-state index contributed by atoms with van der Waals surface area (Å²) in [6, 6.07) is 2.69. The molecule has 1 aromatic heterocycles. The molecule has 0 aliphatic carbocycles. The van der Waals surface area contributed by atoms with Crippen LogP contribution in [0.2, 0.25) is 0 Å². The lowest BCUT2D eigenvalue weighted by atomic mass is 10.3. The van der Waals surface area contributed by atoms with Gasteiger partial charge in [0, 0.05) is 18.3 Å². The lowest BCUT2D eigenvalue weighted by Gasteiger charge is -2.20. The second kappa shape index (κ2) is 2.37. The van der Waals surface area contributed by atoms with Gasteiger partial charge in [-0.15, -0.1) is 0 Å². The minimum absolute atomic E-state index is 0.167. The average Bonchev–Trinajstić information content (AvgIpc) is 2.07. The van der Waals surface area contributed by atoms with E-state index in [9.17, 15) is 9.59 Å². The molecule has 0 atom stereocenters. The Labute approximate surface area is 68.0 Å². The van der Waals surface area contributed by atoms with Crippen molar-refractivity contribution in [3.63, 3.8) is 0 Å². The first-order chi connectivity index (χ1) is 5.77. The highest BCUT2D eigenvalue weighted by Gasteiger charge is 2.13. The van der Waals surface area contributed by atoms with Crippen LogP contribution >= 0.6 is 0 Å². The Balaban J connectivity index is 2.61. The standard InChI is InChI=1S/C7H7N3O2/c11-5-1-2-10-6(3-5)7(12)8-4-9-10/h1-3,9H,4H2,(H,8,12). The molecule has 1 amide bonds. The number of nitrogens with one attached hydrogen (secondary N) is 2. The van der Waals surface area contributed by atoms with Crippen molar-refractivity contribution in [1.29, 1.82) is 0 Å². The van der Waals surface area contributed by atoms with Crippen molar-refractivity contribution in [2.24, 2.45) is 0 Å². The Hall–Kier alpha value is -1.78. The summed E-state index contributed by atoms with van der Waals surface area (Å²) in [4.78, 5) is 22.0. The Morgan fingerprint density at radius 1 is 1.42 bits per heavy atom. The molecular weight excluding hydrogens is 158 g/mol. The van der Waals surface area contributed by atoms with Crippen molar-refractivity contribution in [2.75, 3.05) is 12.1 Å². The number of aromatic nitrogens is 1. The van der Waals surface area contributed by atoms with Crippen LogP contribution in [0.15, 0.2) is 23.1 Å². The fourth-order valence-electron chi connectivity index (χ4n) is 1.09. The van der Waals surface area contributed by atoms with Gasteiger partial charge in [0.2, 0.25) is 0 Å². The van der Waals surface area contributed by atoms with E-state index in [-0.39, 0.29) is 11.3 Å². The molecule has 1 aliphatic rings. The minimum atomic E-state index is -0.230. The van der Waals surface area contributed by atoms with Gasteiger partial charge in [-0.1, -0.05) is 0 Å². The van der Waals surface area contributed by atoms with E-state index in [0.717, 1.165) is 0 Å². The molecule has 0 unspecified atom stereocenters. The highest BCUT2D eigenvalue weighted by atomic mass is 16.2. The summed E-state index contributed by atoms with van der Waals surface area (Å²) >= 11 is 0. The summed E-state index contributed by atoms with van der Waals surface area (Å²) in [6.45, 7) is 0.384. The number of hydrogen-bond acceptors (Lipinski definition) is 3. The summed E-state index contributed by atoms with van der Waals surface area (Å²) in [6.07, 6.45) is 1.54. The number of hydrogen-bond donors (Lipinski definition) is 2. The molecule has 0 spiro atoms. The van der Waals surface area contributed by atoms with Crippen LogP contribution in [-0.4, -0.2) is 17.3 Å².